The molecule has 0 radical (unpaired) electrons. The van der Waals surface area contributed by atoms with Gasteiger partial charge >= 0.3 is 0 Å². The Bertz CT molecular complexity index is 376. The minimum Gasteiger partial charge on any atom is -0.380 e. The Morgan fingerprint density at radius 3 is 2.44 bits per heavy atom. The van der Waals surface area contributed by atoms with Crippen molar-refractivity contribution in [3.8, 4) is 0 Å². The number of ether oxygens (including phenoxy) is 1. The van der Waals surface area contributed by atoms with Crippen molar-refractivity contribution in [2.45, 2.75) is 26.8 Å². The van der Waals surface area contributed by atoms with Crippen molar-refractivity contribution in [1.29, 1.82) is 0 Å². The van der Waals surface area contributed by atoms with Gasteiger partial charge in [0.05, 0.1) is 12.6 Å². The van der Waals surface area contributed by atoms with Gasteiger partial charge in [0.2, 0.25) is 0 Å². The van der Waals surface area contributed by atoms with Gasteiger partial charge in [0.1, 0.15) is 0 Å². The first kappa shape index (κ1) is 15.4. The van der Waals surface area contributed by atoms with E-state index >= 15 is 0 Å². The number of hydrogen-bond acceptors (Lipinski definition) is 2. The third-order valence-electron chi connectivity index (χ3n) is 2.73. The zero-order valence-electron chi connectivity index (χ0n) is 11.1. The highest BCUT2D eigenvalue weighted by Gasteiger charge is 2.17. The molecule has 0 spiro atoms. The van der Waals surface area contributed by atoms with Crippen LogP contribution in [0.2, 0.25) is 0 Å². The summed E-state index contributed by atoms with van der Waals surface area (Å²) in [5.74, 6) is 0.314. The Kier molecular flexibility index (Phi) is 6.63. The summed E-state index contributed by atoms with van der Waals surface area (Å²) in [7, 11) is 0. The molecule has 3 nitrogen and oxygen atoms in total. The van der Waals surface area contributed by atoms with Crippen molar-refractivity contribution in [3.63, 3.8) is 0 Å². The minimum atomic E-state index is -0.0372. The summed E-state index contributed by atoms with van der Waals surface area (Å²) in [4.78, 5) is 12.1. The molecule has 1 rings (SSSR count). The average molecular weight is 361 g/mol. The van der Waals surface area contributed by atoms with Crippen molar-refractivity contribution in [2.75, 3.05) is 13.2 Å². The normalized spacial score (nSPS) is 12.5. The highest BCUT2D eigenvalue weighted by molar-refractivity contribution is 14.1. The van der Waals surface area contributed by atoms with Gasteiger partial charge in [-0.3, -0.25) is 4.79 Å². The van der Waals surface area contributed by atoms with Gasteiger partial charge in [-0.25, -0.2) is 0 Å². The lowest BCUT2D eigenvalue weighted by Crippen LogP contribution is -2.41. The van der Waals surface area contributed by atoms with E-state index in [9.17, 15) is 4.79 Å². The molecule has 1 unspecified atom stereocenters. The second kappa shape index (κ2) is 7.74. The standard InChI is InChI=1S/C14H20INO2/c1-4-18-9-13(10(2)3)16-14(17)11-5-7-12(15)8-6-11/h5-8,10,13H,4,9H2,1-3H3,(H,16,17). The second-order valence-corrected chi connectivity index (χ2v) is 5.74. The Hall–Kier alpha value is -0.620. The molecule has 1 atom stereocenters. The van der Waals surface area contributed by atoms with Gasteiger partial charge in [-0.1, -0.05) is 13.8 Å². The van der Waals surface area contributed by atoms with Crippen molar-refractivity contribution >= 4 is 28.5 Å². The van der Waals surface area contributed by atoms with E-state index in [-0.39, 0.29) is 11.9 Å². The fourth-order valence-corrected chi connectivity index (χ4v) is 1.86. The van der Waals surface area contributed by atoms with E-state index < -0.39 is 0 Å². The third-order valence-corrected chi connectivity index (χ3v) is 3.45. The van der Waals surface area contributed by atoms with Crippen LogP contribution in [0.3, 0.4) is 0 Å². The summed E-state index contributed by atoms with van der Waals surface area (Å²) in [6, 6.07) is 7.60. The molecule has 0 bridgehead atoms. The molecular formula is C14H20INO2. The van der Waals surface area contributed by atoms with Crippen LogP contribution in [-0.2, 0) is 4.74 Å². The zero-order chi connectivity index (χ0) is 13.5. The van der Waals surface area contributed by atoms with E-state index in [2.05, 4.69) is 41.8 Å². The van der Waals surface area contributed by atoms with Gasteiger partial charge in [0, 0.05) is 15.7 Å². The number of benzene rings is 1. The van der Waals surface area contributed by atoms with Crippen LogP contribution in [-0.4, -0.2) is 25.2 Å². The van der Waals surface area contributed by atoms with Gasteiger partial charge < -0.3 is 10.1 Å². The minimum absolute atomic E-state index is 0.0372. The molecule has 0 aliphatic heterocycles. The number of carbonyl (C=O) groups is 1. The average Bonchev–Trinajstić information content (AvgIpc) is 2.34. The predicted molar refractivity (Wildman–Crippen MR) is 81.7 cm³/mol. The molecule has 1 amide bonds. The van der Waals surface area contributed by atoms with Crippen molar-refractivity contribution in [3.05, 3.63) is 33.4 Å². The van der Waals surface area contributed by atoms with Crippen LogP contribution in [0.4, 0.5) is 0 Å². The Balaban J connectivity index is 2.63. The molecule has 4 heteroatoms. The van der Waals surface area contributed by atoms with Crippen LogP contribution in [0, 0.1) is 9.49 Å². The van der Waals surface area contributed by atoms with Gasteiger partial charge in [0.15, 0.2) is 0 Å². The van der Waals surface area contributed by atoms with Crippen LogP contribution in [0.5, 0.6) is 0 Å². The fraction of sp³-hybridized carbons (Fsp3) is 0.500. The SMILES string of the molecule is CCOCC(NC(=O)c1ccc(I)cc1)C(C)C. The Morgan fingerprint density at radius 1 is 1.33 bits per heavy atom. The van der Waals surface area contributed by atoms with E-state index in [0.717, 1.165) is 3.57 Å². The largest absolute Gasteiger partial charge is 0.380 e. The highest BCUT2D eigenvalue weighted by atomic mass is 127. The number of nitrogens with one attached hydrogen (secondary N) is 1. The van der Waals surface area contributed by atoms with Gasteiger partial charge in [0.25, 0.3) is 5.91 Å². The van der Waals surface area contributed by atoms with Crippen molar-refractivity contribution in [2.24, 2.45) is 5.92 Å². The van der Waals surface area contributed by atoms with E-state index in [1.807, 2.05) is 31.2 Å². The number of halogens is 1. The van der Waals surface area contributed by atoms with Gasteiger partial charge in [-0.05, 0) is 59.7 Å². The first-order valence-electron chi connectivity index (χ1n) is 6.18. The first-order chi connectivity index (χ1) is 8.54. The predicted octanol–water partition coefficient (Wildman–Crippen LogP) is 3.08. The van der Waals surface area contributed by atoms with Crippen LogP contribution < -0.4 is 5.32 Å². The smallest absolute Gasteiger partial charge is 0.251 e. The molecule has 0 fully saturated rings. The number of rotatable bonds is 6. The van der Waals surface area contributed by atoms with Crippen LogP contribution in [0.15, 0.2) is 24.3 Å². The lowest BCUT2D eigenvalue weighted by Gasteiger charge is -2.22. The molecule has 0 aliphatic rings. The molecule has 1 aromatic rings. The zero-order valence-corrected chi connectivity index (χ0v) is 13.2. The lowest BCUT2D eigenvalue weighted by atomic mass is 10.0. The van der Waals surface area contributed by atoms with Crippen molar-refractivity contribution < 1.29 is 9.53 Å². The maximum atomic E-state index is 12.1. The molecule has 18 heavy (non-hydrogen) atoms. The summed E-state index contributed by atoms with van der Waals surface area (Å²) in [5.41, 5.74) is 0.692. The maximum Gasteiger partial charge on any atom is 0.251 e. The summed E-state index contributed by atoms with van der Waals surface area (Å²) in [5, 5.41) is 3.02. The Labute approximate surface area is 122 Å². The van der Waals surface area contributed by atoms with Crippen LogP contribution in [0.25, 0.3) is 0 Å². The molecule has 0 aromatic heterocycles. The molecule has 0 heterocycles. The van der Waals surface area contributed by atoms with Gasteiger partial charge in [-0.15, -0.1) is 0 Å². The summed E-state index contributed by atoms with van der Waals surface area (Å²) in [6.07, 6.45) is 0. The number of carbonyl (C=O) groups excluding carboxylic acids is 1. The molecule has 0 saturated heterocycles. The van der Waals surface area contributed by atoms with E-state index in [1.165, 1.54) is 0 Å². The molecule has 0 saturated carbocycles. The summed E-state index contributed by atoms with van der Waals surface area (Å²) < 4.78 is 6.52. The quantitative estimate of drug-likeness (QED) is 0.791. The summed E-state index contributed by atoms with van der Waals surface area (Å²) in [6.45, 7) is 7.35. The third kappa shape index (κ3) is 4.94. The highest BCUT2D eigenvalue weighted by Crippen LogP contribution is 2.08. The van der Waals surface area contributed by atoms with Crippen LogP contribution in [0.1, 0.15) is 31.1 Å². The Morgan fingerprint density at radius 2 is 1.94 bits per heavy atom. The topological polar surface area (TPSA) is 38.3 Å². The summed E-state index contributed by atoms with van der Waals surface area (Å²) >= 11 is 2.22. The molecule has 1 aromatic carbocycles. The molecule has 1 N–H and O–H groups in total. The lowest BCUT2D eigenvalue weighted by molar-refractivity contribution is 0.0806. The monoisotopic (exact) mass is 361 g/mol. The number of amides is 1. The van der Waals surface area contributed by atoms with Crippen LogP contribution >= 0.6 is 22.6 Å². The molecule has 100 valence electrons. The molecule has 0 aliphatic carbocycles. The second-order valence-electron chi connectivity index (χ2n) is 4.49. The fourth-order valence-electron chi connectivity index (χ4n) is 1.50. The van der Waals surface area contributed by atoms with E-state index in [1.54, 1.807) is 0 Å². The molecular weight excluding hydrogens is 341 g/mol. The van der Waals surface area contributed by atoms with E-state index in [4.69, 9.17) is 4.74 Å². The maximum absolute atomic E-state index is 12.1. The van der Waals surface area contributed by atoms with E-state index in [0.29, 0.717) is 24.7 Å². The number of hydrogen-bond donors (Lipinski definition) is 1. The van der Waals surface area contributed by atoms with Gasteiger partial charge in [-0.2, -0.15) is 0 Å². The van der Waals surface area contributed by atoms with Crippen molar-refractivity contribution in [1.82, 2.24) is 5.32 Å². The first-order valence-corrected chi connectivity index (χ1v) is 7.26.